The van der Waals surface area contributed by atoms with Crippen molar-refractivity contribution >= 4 is 22.9 Å². The topological polar surface area (TPSA) is 18.5 Å². The standard InChI is InChI=1S/C28H22O2/c1-29-24-14-11-21(12-15-24)17-19-28(23-8-3-2-4-9-23)20-18-26-25-10-6-5-7-22(25)13-16-27(26)30-28/h2-20H,1H3. The van der Waals surface area contributed by atoms with Crippen molar-refractivity contribution in [1.82, 2.24) is 0 Å². The van der Waals surface area contributed by atoms with Gasteiger partial charge in [-0.1, -0.05) is 78.9 Å². The van der Waals surface area contributed by atoms with Crippen molar-refractivity contribution in [1.29, 1.82) is 0 Å². The van der Waals surface area contributed by atoms with E-state index in [1.165, 1.54) is 10.8 Å². The zero-order chi connectivity index (χ0) is 20.4. The van der Waals surface area contributed by atoms with Gasteiger partial charge in [0.15, 0.2) is 5.60 Å². The summed E-state index contributed by atoms with van der Waals surface area (Å²) >= 11 is 0. The van der Waals surface area contributed by atoms with Crippen LogP contribution in [-0.4, -0.2) is 7.11 Å². The van der Waals surface area contributed by atoms with Crippen molar-refractivity contribution in [2.45, 2.75) is 5.60 Å². The minimum atomic E-state index is -0.670. The first-order chi connectivity index (χ1) is 14.8. The van der Waals surface area contributed by atoms with E-state index in [1.54, 1.807) is 7.11 Å². The minimum absolute atomic E-state index is 0.670. The van der Waals surface area contributed by atoms with Crippen molar-refractivity contribution in [3.8, 4) is 11.5 Å². The van der Waals surface area contributed by atoms with Crippen LogP contribution in [0.3, 0.4) is 0 Å². The molecule has 0 amide bonds. The third-order valence-corrected chi connectivity index (χ3v) is 5.57. The first kappa shape index (κ1) is 18.3. The molecule has 0 aromatic heterocycles. The van der Waals surface area contributed by atoms with E-state index in [2.05, 4.69) is 72.8 Å². The van der Waals surface area contributed by atoms with Crippen molar-refractivity contribution in [2.24, 2.45) is 0 Å². The van der Waals surface area contributed by atoms with Gasteiger partial charge in [-0.05, 0) is 52.8 Å². The molecule has 2 nitrogen and oxygen atoms in total. The quantitative estimate of drug-likeness (QED) is 0.379. The zero-order valence-corrected chi connectivity index (χ0v) is 16.8. The summed E-state index contributed by atoms with van der Waals surface area (Å²) in [6.45, 7) is 0. The van der Waals surface area contributed by atoms with Gasteiger partial charge in [0.1, 0.15) is 11.5 Å². The lowest BCUT2D eigenvalue weighted by Gasteiger charge is -2.33. The van der Waals surface area contributed by atoms with Gasteiger partial charge in [-0.2, -0.15) is 0 Å². The molecule has 1 atom stereocenters. The number of ether oxygens (including phenoxy) is 2. The molecule has 0 fully saturated rings. The van der Waals surface area contributed by atoms with Gasteiger partial charge in [-0.15, -0.1) is 0 Å². The number of hydrogen-bond donors (Lipinski definition) is 0. The Hall–Kier alpha value is -3.78. The maximum absolute atomic E-state index is 6.68. The summed E-state index contributed by atoms with van der Waals surface area (Å²) in [5.74, 6) is 1.74. The number of methoxy groups -OCH3 is 1. The molecule has 1 aliphatic heterocycles. The molecule has 1 heterocycles. The molecule has 1 unspecified atom stereocenters. The Bertz CT molecular complexity index is 1240. The lowest BCUT2D eigenvalue weighted by atomic mass is 9.88. The van der Waals surface area contributed by atoms with E-state index in [-0.39, 0.29) is 0 Å². The van der Waals surface area contributed by atoms with Crippen molar-refractivity contribution < 1.29 is 9.47 Å². The minimum Gasteiger partial charge on any atom is -0.497 e. The Morgan fingerprint density at radius 3 is 2.37 bits per heavy atom. The van der Waals surface area contributed by atoms with Crippen LogP contribution in [0.5, 0.6) is 11.5 Å². The van der Waals surface area contributed by atoms with Gasteiger partial charge in [0, 0.05) is 11.1 Å². The molecule has 0 bridgehead atoms. The number of fused-ring (bicyclic) bond motifs is 3. The first-order valence-corrected chi connectivity index (χ1v) is 10.1. The summed E-state index contributed by atoms with van der Waals surface area (Å²) in [5.41, 5.74) is 2.63. The fraction of sp³-hybridized carbons (Fsp3) is 0.0714. The molecule has 0 aliphatic carbocycles. The molecule has 146 valence electrons. The van der Waals surface area contributed by atoms with Crippen LogP contribution in [0.15, 0.2) is 103 Å². The molecule has 1 aliphatic rings. The van der Waals surface area contributed by atoms with E-state index in [0.29, 0.717) is 0 Å². The fourth-order valence-electron chi connectivity index (χ4n) is 3.93. The van der Waals surface area contributed by atoms with Crippen LogP contribution < -0.4 is 9.47 Å². The molecule has 30 heavy (non-hydrogen) atoms. The van der Waals surface area contributed by atoms with E-state index < -0.39 is 5.60 Å². The summed E-state index contributed by atoms with van der Waals surface area (Å²) in [6, 6.07) is 30.9. The highest BCUT2D eigenvalue weighted by Gasteiger charge is 2.32. The molecule has 0 spiro atoms. The number of hydrogen-bond acceptors (Lipinski definition) is 2. The average molecular weight is 390 g/mol. The Morgan fingerprint density at radius 1 is 0.800 bits per heavy atom. The Morgan fingerprint density at radius 2 is 1.57 bits per heavy atom. The highest BCUT2D eigenvalue weighted by molar-refractivity contribution is 5.94. The monoisotopic (exact) mass is 390 g/mol. The van der Waals surface area contributed by atoms with Crippen molar-refractivity contribution in [3.63, 3.8) is 0 Å². The lowest BCUT2D eigenvalue weighted by Crippen LogP contribution is -2.30. The van der Waals surface area contributed by atoms with Gasteiger partial charge in [0.05, 0.1) is 7.11 Å². The number of rotatable bonds is 4. The van der Waals surface area contributed by atoms with E-state index in [9.17, 15) is 0 Å². The molecule has 0 saturated heterocycles. The van der Waals surface area contributed by atoms with Crippen LogP contribution >= 0.6 is 0 Å². The van der Waals surface area contributed by atoms with Gasteiger partial charge in [0.25, 0.3) is 0 Å². The summed E-state index contributed by atoms with van der Waals surface area (Å²) in [7, 11) is 1.68. The van der Waals surface area contributed by atoms with E-state index in [1.807, 2.05) is 42.5 Å². The van der Waals surface area contributed by atoms with Gasteiger partial charge in [0.2, 0.25) is 0 Å². The molecule has 4 aromatic rings. The van der Waals surface area contributed by atoms with Crippen molar-refractivity contribution in [3.05, 3.63) is 120 Å². The highest BCUT2D eigenvalue weighted by Crippen LogP contribution is 2.41. The number of benzene rings is 4. The fourth-order valence-corrected chi connectivity index (χ4v) is 3.93. The van der Waals surface area contributed by atoms with Crippen LogP contribution in [0.1, 0.15) is 16.7 Å². The zero-order valence-electron chi connectivity index (χ0n) is 16.8. The molecule has 5 rings (SSSR count). The molecule has 2 heteroatoms. The van der Waals surface area contributed by atoms with E-state index >= 15 is 0 Å². The largest absolute Gasteiger partial charge is 0.497 e. The summed E-state index contributed by atoms with van der Waals surface area (Å²) < 4.78 is 11.9. The van der Waals surface area contributed by atoms with Crippen LogP contribution in [0.4, 0.5) is 0 Å². The summed E-state index contributed by atoms with van der Waals surface area (Å²) in [4.78, 5) is 0. The van der Waals surface area contributed by atoms with Gasteiger partial charge < -0.3 is 9.47 Å². The third kappa shape index (κ3) is 3.27. The smallest absolute Gasteiger partial charge is 0.171 e. The second kappa shape index (κ2) is 7.57. The van der Waals surface area contributed by atoms with Gasteiger partial charge >= 0.3 is 0 Å². The highest BCUT2D eigenvalue weighted by atomic mass is 16.5. The predicted octanol–water partition coefficient (Wildman–Crippen LogP) is 6.86. The molecule has 0 N–H and O–H groups in total. The molecule has 0 saturated carbocycles. The molecular formula is C28H22O2. The summed E-state index contributed by atoms with van der Waals surface area (Å²) in [5, 5.41) is 2.41. The van der Waals surface area contributed by atoms with Crippen LogP contribution in [0.25, 0.3) is 22.9 Å². The Labute approximate surface area is 176 Å². The molecule has 4 aromatic carbocycles. The molecular weight excluding hydrogens is 368 g/mol. The predicted molar refractivity (Wildman–Crippen MR) is 124 cm³/mol. The van der Waals surface area contributed by atoms with Crippen LogP contribution in [0, 0.1) is 0 Å². The van der Waals surface area contributed by atoms with Crippen LogP contribution in [-0.2, 0) is 5.60 Å². The second-order valence-electron chi connectivity index (χ2n) is 7.40. The van der Waals surface area contributed by atoms with Gasteiger partial charge in [-0.3, -0.25) is 0 Å². The SMILES string of the molecule is COc1ccc(C=CC2(c3ccccc3)C=Cc3c(ccc4ccccc34)O2)cc1. The van der Waals surface area contributed by atoms with E-state index in [4.69, 9.17) is 9.47 Å². The normalized spacial score (nSPS) is 17.6. The lowest BCUT2D eigenvalue weighted by molar-refractivity contribution is 0.171. The van der Waals surface area contributed by atoms with E-state index in [0.717, 1.165) is 28.2 Å². The second-order valence-corrected chi connectivity index (χ2v) is 7.40. The van der Waals surface area contributed by atoms with Crippen molar-refractivity contribution in [2.75, 3.05) is 7.11 Å². The molecule has 0 radical (unpaired) electrons. The maximum atomic E-state index is 6.68. The maximum Gasteiger partial charge on any atom is 0.171 e. The average Bonchev–Trinajstić information content (AvgIpc) is 2.83. The third-order valence-electron chi connectivity index (χ3n) is 5.57. The first-order valence-electron chi connectivity index (χ1n) is 10.1. The Kier molecular flexibility index (Phi) is 4.61. The Balaban J connectivity index is 1.59. The van der Waals surface area contributed by atoms with Gasteiger partial charge in [-0.25, -0.2) is 0 Å². The van der Waals surface area contributed by atoms with Crippen LogP contribution in [0.2, 0.25) is 0 Å². The summed E-state index contributed by atoms with van der Waals surface area (Å²) in [6.07, 6.45) is 8.56.